The Balaban J connectivity index is 2.21. The molecule has 2 aromatic carbocycles. The number of benzene rings is 2. The molecule has 0 heterocycles. The summed E-state index contributed by atoms with van der Waals surface area (Å²) in [6, 6.07) is 13.6. The molecule has 1 unspecified atom stereocenters. The lowest BCUT2D eigenvalue weighted by Gasteiger charge is -2.19. The van der Waals surface area contributed by atoms with Crippen molar-refractivity contribution in [3.8, 4) is 5.75 Å². The Morgan fingerprint density at radius 1 is 1.27 bits per heavy atom. The van der Waals surface area contributed by atoms with Crippen molar-refractivity contribution >= 4 is 28.5 Å². The summed E-state index contributed by atoms with van der Waals surface area (Å²) in [6.07, 6.45) is 0.834. The van der Waals surface area contributed by atoms with Crippen LogP contribution in [0.1, 0.15) is 40.9 Å². The first-order valence-electron chi connectivity index (χ1n) is 7.26. The third kappa shape index (κ3) is 3.80. The van der Waals surface area contributed by atoms with Crippen LogP contribution in [-0.2, 0) is 0 Å². The van der Waals surface area contributed by atoms with Crippen LogP contribution in [0, 0.1) is 10.5 Å². The number of carbonyl (C=O) groups is 1. The van der Waals surface area contributed by atoms with Gasteiger partial charge in [0, 0.05) is 3.57 Å². The first kappa shape index (κ1) is 16.8. The van der Waals surface area contributed by atoms with E-state index in [0.717, 1.165) is 26.9 Å². The Labute approximate surface area is 145 Å². The fraction of sp³-hybridized carbons (Fsp3) is 0.278. The van der Waals surface area contributed by atoms with Gasteiger partial charge in [0.25, 0.3) is 5.91 Å². The molecule has 0 saturated heterocycles. The number of ether oxygens (including phenoxy) is 1. The highest BCUT2D eigenvalue weighted by Gasteiger charge is 2.16. The Morgan fingerprint density at radius 3 is 2.59 bits per heavy atom. The Hall–Kier alpha value is -1.56. The van der Waals surface area contributed by atoms with E-state index in [1.807, 2.05) is 43.3 Å². The molecule has 2 rings (SSSR count). The molecule has 0 aliphatic rings. The first-order valence-corrected chi connectivity index (χ1v) is 8.34. The number of hydrogen-bond acceptors (Lipinski definition) is 2. The predicted molar refractivity (Wildman–Crippen MR) is 97.4 cm³/mol. The molecule has 0 bridgehead atoms. The Morgan fingerprint density at radius 2 is 2.00 bits per heavy atom. The van der Waals surface area contributed by atoms with Gasteiger partial charge in [-0.3, -0.25) is 4.79 Å². The van der Waals surface area contributed by atoms with Crippen molar-refractivity contribution in [1.29, 1.82) is 0 Å². The van der Waals surface area contributed by atoms with Gasteiger partial charge in [0.2, 0.25) is 0 Å². The van der Waals surface area contributed by atoms with Crippen LogP contribution in [0.25, 0.3) is 0 Å². The molecule has 3 nitrogen and oxygen atoms in total. The number of rotatable bonds is 5. The number of carbonyl (C=O) groups excluding carboxylic acids is 1. The molecule has 0 spiro atoms. The zero-order valence-electron chi connectivity index (χ0n) is 13.0. The topological polar surface area (TPSA) is 38.3 Å². The molecule has 0 radical (unpaired) electrons. The zero-order chi connectivity index (χ0) is 16.1. The van der Waals surface area contributed by atoms with Crippen molar-refractivity contribution in [1.82, 2.24) is 5.32 Å². The quantitative estimate of drug-likeness (QED) is 0.740. The number of halogens is 1. The van der Waals surface area contributed by atoms with E-state index >= 15 is 0 Å². The second-order valence-electron chi connectivity index (χ2n) is 5.14. The van der Waals surface area contributed by atoms with Gasteiger partial charge >= 0.3 is 0 Å². The van der Waals surface area contributed by atoms with E-state index in [1.165, 1.54) is 0 Å². The summed E-state index contributed by atoms with van der Waals surface area (Å²) >= 11 is 2.19. The van der Waals surface area contributed by atoms with Crippen LogP contribution in [0.2, 0.25) is 0 Å². The first-order chi connectivity index (χ1) is 10.6. The molecule has 0 aliphatic carbocycles. The monoisotopic (exact) mass is 409 g/mol. The molecule has 0 saturated carbocycles. The van der Waals surface area contributed by atoms with Crippen LogP contribution in [0.5, 0.6) is 5.75 Å². The van der Waals surface area contributed by atoms with E-state index in [1.54, 1.807) is 7.11 Å². The number of hydrogen-bond donors (Lipinski definition) is 1. The van der Waals surface area contributed by atoms with Gasteiger partial charge < -0.3 is 10.1 Å². The molecule has 2 aromatic rings. The van der Waals surface area contributed by atoms with Gasteiger partial charge in [0.05, 0.1) is 18.7 Å². The van der Waals surface area contributed by atoms with Crippen LogP contribution in [0.3, 0.4) is 0 Å². The molecular formula is C18H20INO2. The summed E-state index contributed by atoms with van der Waals surface area (Å²) in [7, 11) is 1.67. The highest BCUT2D eigenvalue weighted by molar-refractivity contribution is 14.1. The molecule has 1 N–H and O–H groups in total. The maximum atomic E-state index is 12.5. The van der Waals surface area contributed by atoms with Gasteiger partial charge in [-0.1, -0.05) is 31.2 Å². The molecule has 4 heteroatoms. The van der Waals surface area contributed by atoms with Crippen LogP contribution in [0.4, 0.5) is 0 Å². The summed E-state index contributed by atoms with van der Waals surface area (Å²) in [6.45, 7) is 4.08. The summed E-state index contributed by atoms with van der Waals surface area (Å²) in [5.41, 5.74) is 2.88. The van der Waals surface area contributed by atoms with Crippen LogP contribution in [-0.4, -0.2) is 13.0 Å². The maximum Gasteiger partial charge on any atom is 0.252 e. The van der Waals surface area contributed by atoms with Crippen molar-refractivity contribution in [2.24, 2.45) is 0 Å². The van der Waals surface area contributed by atoms with Crippen LogP contribution in [0.15, 0.2) is 42.5 Å². The van der Waals surface area contributed by atoms with E-state index < -0.39 is 0 Å². The molecule has 1 atom stereocenters. The standard InChI is InChI=1S/C18H20INO2/c1-4-16(13-9-10-17(22-3)12(2)11-13)20-18(21)14-7-5-6-8-15(14)19/h5-11,16H,4H2,1-3H3,(H,20,21). The second-order valence-corrected chi connectivity index (χ2v) is 6.31. The van der Waals surface area contributed by atoms with E-state index in [2.05, 4.69) is 40.9 Å². The maximum absolute atomic E-state index is 12.5. The summed E-state index contributed by atoms with van der Waals surface area (Å²) < 4.78 is 6.25. The zero-order valence-corrected chi connectivity index (χ0v) is 15.2. The van der Waals surface area contributed by atoms with Gasteiger partial charge in [-0.15, -0.1) is 0 Å². The normalized spacial score (nSPS) is 11.8. The van der Waals surface area contributed by atoms with E-state index in [0.29, 0.717) is 5.56 Å². The van der Waals surface area contributed by atoms with Gasteiger partial charge in [-0.25, -0.2) is 0 Å². The fourth-order valence-corrected chi connectivity index (χ4v) is 3.05. The smallest absolute Gasteiger partial charge is 0.252 e. The molecule has 0 aromatic heterocycles. The minimum Gasteiger partial charge on any atom is -0.496 e. The van der Waals surface area contributed by atoms with Crippen molar-refractivity contribution < 1.29 is 9.53 Å². The minimum absolute atomic E-state index is 0.00638. The molecule has 0 aliphatic heterocycles. The van der Waals surface area contributed by atoms with Gasteiger partial charge in [-0.05, 0) is 65.3 Å². The number of aryl methyl sites for hydroxylation is 1. The van der Waals surface area contributed by atoms with Crippen molar-refractivity contribution in [2.45, 2.75) is 26.3 Å². The van der Waals surface area contributed by atoms with Gasteiger partial charge in [-0.2, -0.15) is 0 Å². The Kier molecular flexibility index (Phi) is 5.83. The molecule has 116 valence electrons. The third-order valence-electron chi connectivity index (χ3n) is 3.65. The lowest BCUT2D eigenvalue weighted by atomic mass is 10.0. The van der Waals surface area contributed by atoms with Crippen LogP contribution < -0.4 is 10.1 Å². The predicted octanol–water partition coefficient (Wildman–Crippen LogP) is 4.49. The molecule has 0 fully saturated rings. The molecular weight excluding hydrogens is 389 g/mol. The lowest BCUT2D eigenvalue weighted by Crippen LogP contribution is -2.28. The fourth-order valence-electron chi connectivity index (χ4n) is 2.42. The Bertz CT molecular complexity index is 670. The summed E-state index contributed by atoms with van der Waals surface area (Å²) in [5, 5.41) is 3.12. The third-order valence-corrected chi connectivity index (χ3v) is 4.59. The second kappa shape index (κ2) is 7.63. The van der Waals surface area contributed by atoms with Gasteiger partial charge in [0.1, 0.15) is 5.75 Å². The number of nitrogens with one attached hydrogen (secondary N) is 1. The molecule has 22 heavy (non-hydrogen) atoms. The SMILES string of the molecule is CCC(NC(=O)c1ccccc1I)c1ccc(OC)c(C)c1. The molecule has 1 amide bonds. The lowest BCUT2D eigenvalue weighted by molar-refractivity contribution is 0.0934. The van der Waals surface area contributed by atoms with Crippen molar-refractivity contribution in [3.05, 3.63) is 62.7 Å². The van der Waals surface area contributed by atoms with Gasteiger partial charge in [0.15, 0.2) is 0 Å². The minimum atomic E-state index is -0.0367. The van der Waals surface area contributed by atoms with E-state index in [9.17, 15) is 4.79 Å². The summed E-state index contributed by atoms with van der Waals surface area (Å²) in [5.74, 6) is 0.827. The highest BCUT2D eigenvalue weighted by atomic mass is 127. The number of amides is 1. The summed E-state index contributed by atoms with van der Waals surface area (Å²) in [4.78, 5) is 12.5. The van der Waals surface area contributed by atoms with Crippen molar-refractivity contribution in [2.75, 3.05) is 7.11 Å². The number of methoxy groups -OCH3 is 1. The van der Waals surface area contributed by atoms with Crippen molar-refractivity contribution in [3.63, 3.8) is 0 Å². The van der Waals surface area contributed by atoms with E-state index in [-0.39, 0.29) is 11.9 Å². The highest BCUT2D eigenvalue weighted by Crippen LogP contribution is 2.24. The average Bonchev–Trinajstić information content (AvgIpc) is 2.52. The largest absolute Gasteiger partial charge is 0.496 e. The van der Waals surface area contributed by atoms with E-state index in [4.69, 9.17) is 4.74 Å². The van der Waals surface area contributed by atoms with Crippen LogP contribution >= 0.6 is 22.6 Å². The average molecular weight is 409 g/mol.